The predicted octanol–water partition coefficient (Wildman–Crippen LogP) is 15.3. The summed E-state index contributed by atoms with van der Waals surface area (Å²) in [4.78, 5) is 15.8. The molecule has 0 saturated carbocycles. The molecular weight excluding hydrogens is 765 g/mol. The average Bonchev–Trinajstić information content (AvgIpc) is 3.71. The Balaban J connectivity index is 1.00. The van der Waals surface area contributed by atoms with Crippen molar-refractivity contribution >= 4 is 43.5 Å². The van der Waals surface area contributed by atoms with Gasteiger partial charge in [0.2, 0.25) is 0 Å². The molecule has 0 fully saturated rings. The van der Waals surface area contributed by atoms with Gasteiger partial charge in [-0.1, -0.05) is 182 Å². The molecule has 12 rings (SSSR count). The van der Waals surface area contributed by atoms with E-state index in [1.165, 1.54) is 38.1 Å². The fourth-order valence-electron chi connectivity index (χ4n) is 9.23. The van der Waals surface area contributed by atoms with Crippen LogP contribution >= 0.6 is 0 Å². The van der Waals surface area contributed by atoms with Gasteiger partial charge < -0.3 is 4.57 Å². The highest BCUT2D eigenvalue weighted by molar-refractivity contribution is 6.18. The van der Waals surface area contributed by atoms with Gasteiger partial charge in [0, 0.05) is 44.1 Å². The first kappa shape index (κ1) is 36.4. The molecule has 0 atom stereocenters. The molecule has 3 heterocycles. The SMILES string of the molecule is c1ccc(-c2cc(-c3ccccc3)c3c(cc(-c4cccc(-c5cc(-c6ccc(-n7c8ccccc8c8ccccc87)cc6)nc(-c6ccccc6)n5)c4)c4ccccc43)n2)cc1. The summed E-state index contributed by atoms with van der Waals surface area (Å²) in [6.07, 6.45) is 0. The van der Waals surface area contributed by atoms with Gasteiger partial charge in [-0.3, -0.25) is 0 Å². The highest BCUT2D eigenvalue weighted by Crippen LogP contribution is 2.42. The molecule has 0 aliphatic rings. The van der Waals surface area contributed by atoms with Gasteiger partial charge in [-0.05, 0) is 81.6 Å². The Morgan fingerprint density at radius 2 is 0.778 bits per heavy atom. The number of para-hydroxylation sites is 2. The summed E-state index contributed by atoms with van der Waals surface area (Å²) in [6.45, 7) is 0. The number of benzene rings is 9. The first-order valence-electron chi connectivity index (χ1n) is 21.4. The van der Waals surface area contributed by atoms with Crippen LogP contribution < -0.4 is 0 Å². The summed E-state index contributed by atoms with van der Waals surface area (Å²) in [5.41, 5.74) is 15.7. The van der Waals surface area contributed by atoms with Crippen molar-refractivity contribution < 1.29 is 0 Å². The van der Waals surface area contributed by atoms with Crippen molar-refractivity contribution in [1.82, 2.24) is 19.5 Å². The Kier molecular flexibility index (Phi) is 8.79. The van der Waals surface area contributed by atoms with Crippen molar-refractivity contribution in [2.75, 3.05) is 0 Å². The van der Waals surface area contributed by atoms with Crippen LogP contribution in [0.1, 0.15) is 0 Å². The van der Waals surface area contributed by atoms with E-state index in [0.717, 1.165) is 72.6 Å². The Morgan fingerprint density at radius 1 is 0.286 bits per heavy atom. The van der Waals surface area contributed by atoms with Gasteiger partial charge in [0.1, 0.15) is 0 Å². The summed E-state index contributed by atoms with van der Waals surface area (Å²) in [5.74, 6) is 0.683. The molecule has 0 aliphatic heterocycles. The van der Waals surface area contributed by atoms with E-state index < -0.39 is 0 Å². The molecule has 9 aromatic carbocycles. The largest absolute Gasteiger partial charge is 0.309 e. The van der Waals surface area contributed by atoms with Gasteiger partial charge in [0.05, 0.1) is 33.6 Å². The summed E-state index contributed by atoms with van der Waals surface area (Å²) >= 11 is 0. The average molecular weight is 803 g/mol. The minimum Gasteiger partial charge on any atom is -0.309 e. The first-order valence-corrected chi connectivity index (χ1v) is 21.4. The van der Waals surface area contributed by atoms with E-state index in [1.54, 1.807) is 0 Å². The molecule has 12 aromatic rings. The number of nitrogens with zero attached hydrogens (tertiary/aromatic N) is 4. The minimum atomic E-state index is 0.683. The summed E-state index contributed by atoms with van der Waals surface area (Å²) in [7, 11) is 0. The van der Waals surface area contributed by atoms with Crippen LogP contribution in [0.25, 0.3) is 117 Å². The maximum atomic E-state index is 5.37. The zero-order chi connectivity index (χ0) is 41.7. The normalized spacial score (nSPS) is 11.5. The number of hydrogen-bond acceptors (Lipinski definition) is 3. The van der Waals surface area contributed by atoms with Crippen molar-refractivity contribution in [1.29, 1.82) is 0 Å². The fourth-order valence-corrected chi connectivity index (χ4v) is 9.23. The molecule has 294 valence electrons. The third-order valence-corrected chi connectivity index (χ3v) is 12.2. The quantitative estimate of drug-likeness (QED) is 0.151. The molecule has 4 heteroatoms. The van der Waals surface area contributed by atoms with E-state index in [1.807, 2.05) is 24.3 Å². The van der Waals surface area contributed by atoms with Crippen LogP contribution in [0.4, 0.5) is 0 Å². The second-order valence-corrected chi connectivity index (χ2v) is 16.0. The lowest BCUT2D eigenvalue weighted by molar-refractivity contribution is 1.17. The van der Waals surface area contributed by atoms with Crippen LogP contribution in [0.5, 0.6) is 0 Å². The van der Waals surface area contributed by atoms with Crippen LogP contribution in [0.15, 0.2) is 231 Å². The van der Waals surface area contributed by atoms with Crippen LogP contribution in [-0.4, -0.2) is 19.5 Å². The molecular formula is C59H38N4. The lowest BCUT2D eigenvalue weighted by Gasteiger charge is -2.16. The maximum absolute atomic E-state index is 5.37. The van der Waals surface area contributed by atoms with E-state index in [0.29, 0.717) is 5.82 Å². The van der Waals surface area contributed by atoms with Crippen molar-refractivity contribution in [3.8, 4) is 73.1 Å². The smallest absolute Gasteiger partial charge is 0.160 e. The lowest BCUT2D eigenvalue weighted by atomic mass is 9.90. The van der Waals surface area contributed by atoms with E-state index in [4.69, 9.17) is 15.0 Å². The van der Waals surface area contributed by atoms with Gasteiger partial charge in [-0.25, -0.2) is 15.0 Å². The van der Waals surface area contributed by atoms with Crippen LogP contribution in [0, 0.1) is 0 Å². The molecule has 0 saturated heterocycles. The van der Waals surface area contributed by atoms with Gasteiger partial charge in [-0.15, -0.1) is 0 Å². The number of pyridine rings is 1. The maximum Gasteiger partial charge on any atom is 0.160 e. The monoisotopic (exact) mass is 802 g/mol. The standard InChI is InChI=1S/C59H38N4/c1-4-17-39(18-5-1)51-37-52(40-19-6-2-7-20-40)60-55-36-50(46-25-10-11-28-49(46)58(51)55)43-23-16-24-44(35-43)54-38-53(61-59(62-54)42-21-8-3-9-22-42)41-31-33-45(34-32-41)63-56-29-14-12-26-47(56)48-27-13-15-30-57(48)63/h1-38H. The highest BCUT2D eigenvalue weighted by Gasteiger charge is 2.18. The van der Waals surface area contributed by atoms with Crippen molar-refractivity contribution in [3.63, 3.8) is 0 Å². The van der Waals surface area contributed by atoms with E-state index >= 15 is 0 Å². The van der Waals surface area contributed by atoms with Crippen LogP contribution in [0.3, 0.4) is 0 Å². The highest BCUT2D eigenvalue weighted by atomic mass is 15.0. The van der Waals surface area contributed by atoms with E-state index in [9.17, 15) is 0 Å². The first-order chi connectivity index (χ1) is 31.2. The molecule has 4 nitrogen and oxygen atoms in total. The van der Waals surface area contributed by atoms with Crippen molar-refractivity contribution in [2.45, 2.75) is 0 Å². The van der Waals surface area contributed by atoms with Gasteiger partial charge in [0.15, 0.2) is 5.82 Å². The van der Waals surface area contributed by atoms with Crippen molar-refractivity contribution in [3.05, 3.63) is 231 Å². The third kappa shape index (κ3) is 6.44. The second-order valence-electron chi connectivity index (χ2n) is 16.0. The Bertz CT molecular complexity index is 3600. The molecule has 0 radical (unpaired) electrons. The predicted molar refractivity (Wildman–Crippen MR) is 262 cm³/mol. The molecule has 0 spiro atoms. The summed E-state index contributed by atoms with van der Waals surface area (Å²) in [6, 6.07) is 81.5. The fraction of sp³-hybridized carbons (Fsp3) is 0. The minimum absolute atomic E-state index is 0.683. The van der Waals surface area contributed by atoms with Crippen LogP contribution in [-0.2, 0) is 0 Å². The Morgan fingerprint density at radius 3 is 1.44 bits per heavy atom. The molecule has 0 aliphatic carbocycles. The number of aromatic nitrogens is 4. The molecule has 3 aromatic heterocycles. The van der Waals surface area contributed by atoms with E-state index in [-0.39, 0.29) is 0 Å². The zero-order valence-electron chi connectivity index (χ0n) is 34.2. The number of fused-ring (bicyclic) bond motifs is 6. The Labute approximate surface area is 365 Å². The molecule has 0 N–H and O–H groups in total. The van der Waals surface area contributed by atoms with E-state index in [2.05, 4.69) is 211 Å². The molecule has 63 heavy (non-hydrogen) atoms. The number of hydrogen-bond donors (Lipinski definition) is 0. The molecule has 0 unspecified atom stereocenters. The van der Waals surface area contributed by atoms with Crippen LogP contribution in [0.2, 0.25) is 0 Å². The Hall–Kier alpha value is -8.47. The van der Waals surface area contributed by atoms with Gasteiger partial charge in [-0.2, -0.15) is 0 Å². The zero-order valence-corrected chi connectivity index (χ0v) is 34.2. The van der Waals surface area contributed by atoms with Gasteiger partial charge >= 0.3 is 0 Å². The summed E-state index contributed by atoms with van der Waals surface area (Å²) in [5, 5.41) is 5.98. The topological polar surface area (TPSA) is 43.6 Å². The van der Waals surface area contributed by atoms with Gasteiger partial charge in [0.25, 0.3) is 0 Å². The third-order valence-electron chi connectivity index (χ3n) is 12.2. The second kappa shape index (κ2) is 15.2. The summed E-state index contributed by atoms with van der Waals surface area (Å²) < 4.78 is 2.34. The number of rotatable bonds is 7. The molecule has 0 bridgehead atoms. The molecule has 0 amide bonds. The lowest BCUT2D eigenvalue weighted by Crippen LogP contribution is -1.97. The van der Waals surface area contributed by atoms with Crippen molar-refractivity contribution in [2.24, 2.45) is 0 Å².